The fourth-order valence-corrected chi connectivity index (χ4v) is 2.74. The third kappa shape index (κ3) is 7.87. The smallest absolute Gasteiger partial charge is 0.325 e. The second kappa shape index (κ2) is 11.5. The van der Waals surface area contributed by atoms with Crippen LogP contribution >= 0.6 is 0 Å². The van der Waals surface area contributed by atoms with Crippen molar-refractivity contribution in [3.63, 3.8) is 0 Å². The van der Waals surface area contributed by atoms with E-state index < -0.39 is 5.97 Å². The minimum Gasteiger partial charge on any atom is -0.456 e. The summed E-state index contributed by atoms with van der Waals surface area (Å²) in [4.78, 5) is 46.8. The molecule has 0 unspecified atom stereocenters. The zero-order chi connectivity index (χ0) is 21.9. The largest absolute Gasteiger partial charge is 0.456 e. The van der Waals surface area contributed by atoms with Gasteiger partial charge in [0.2, 0.25) is 5.91 Å². The topological polar surface area (TPSA) is 102 Å². The molecular formula is C23H26N2O5. The van der Waals surface area contributed by atoms with Gasteiger partial charge in [0, 0.05) is 24.6 Å². The second-order valence-corrected chi connectivity index (χ2v) is 6.92. The van der Waals surface area contributed by atoms with Crippen molar-refractivity contribution < 1.29 is 23.9 Å². The van der Waals surface area contributed by atoms with Gasteiger partial charge in [0.15, 0.2) is 12.4 Å². The average molecular weight is 410 g/mol. The molecule has 0 bridgehead atoms. The lowest BCUT2D eigenvalue weighted by Gasteiger charge is -2.07. The fourth-order valence-electron chi connectivity index (χ4n) is 2.74. The molecule has 0 aromatic heterocycles. The molecule has 30 heavy (non-hydrogen) atoms. The van der Waals surface area contributed by atoms with Crippen LogP contribution in [0.4, 0.5) is 0 Å². The van der Waals surface area contributed by atoms with E-state index >= 15 is 0 Å². The highest BCUT2D eigenvalue weighted by molar-refractivity contribution is 5.98. The first-order valence-corrected chi connectivity index (χ1v) is 9.72. The number of amides is 2. The van der Waals surface area contributed by atoms with Gasteiger partial charge in [-0.1, -0.05) is 42.0 Å². The Morgan fingerprint density at radius 2 is 1.67 bits per heavy atom. The van der Waals surface area contributed by atoms with E-state index in [-0.39, 0.29) is 30.7 Å². The molecule has 0 fully saturated rings. The van der Waals surface area contributed by atoms with E-state index in [0.29, 0.717) is 17.7 Å². The Morgan fingerprint density at radius 1 is 0.933 bits per heavy atom. The maximum absolute atomic E-state index is 12.2. The molecule has 0 radical (unpaired) electrons. The maximum atomic E-state index is 12.2. The van der Waals surface area contributed by atoms with Crippen LogP contribution in [-0.4, -0.2) is 43.3 Å². The minimum absolute atomic E-state index is 0.0554. The van der Waals surface area contributed by atoms with Crippen molar-refractivity contribution in [1.29, 1.82) is 0 Å². The normalized spacial score (nSPS) is 10.2. The Labute approximate surface area is 175 Å². The minimum atomic E-state index is -0.682. The van der Waals surface area contributed by atoms with Gasteiger partial charge in [0.1, 0.15) is 6.54 Å². The highest BCUT2D eigenvalue weighted by Gasteiger charge is 2.12. The molecule has 158 valence electrons. The van der Waals surface area contributed by atoms with Crippen LogP contribution in [-0.2, 0) is 20.7 Å². The third-order valence-electron chi connectivity index (χ3n) is 4.33. The van der Waals surface area contributed by atoms with Crippen molar-refractivity contribution in [2.45, 2.75) is 26.7 Å². The number of nitrogens with one attached hydrogen (secondary N) is 2. The van der Waals surface area contributed by atoms with Crippen LogP contribution in [0.25, 0.3) is 0 Å². The lowest BCUT2D eigenvalue weighted by Crippen LogP contribution is -2.31. The summed E-state index contributed by atoms with van der Waals surface area (Å²) in [5.74, 6) is -1.44. The number of Topliss-reactive ketones (excluding diaryl/α,β-unsaturated/α-hetero) is 1. The van der Waals surface area contributed by atoms with Crippen LogP contribution in [0.2, 0.25) is 0 Å². The molecule has 0 spiro atoms. The Balaban J connectivity index is 1.72. The number of esters is 1. The predicted molar refractivity (Wildman–Crippen MR) is 112 cm³/mol. The molecule has 2 amide bonds. The molecule has 2 N–H and O–H groups in total. The van der Waals surface area contributed by atoms with Crippen molar-refractivity contribution in [1.82, 2.24) is 10.6 Å². The lowest BCUT2D eigenvalue weighted by molar-refractivity contribution is -0.141. The molecule has 0 atom stereocenters. The van der Waals surface area contributed by atoms with Crippen molar-refractivity contribution >= 4 is 23.6 Å². The number of hydrogen-bond donors (Lipinski definition) is 2. The van der Waals surface area contributed by atoms with Gasteiger partial charge in [0.25, 0.3) is 5.91 Å². The summed E-state index contributed by atoms with van der Waals surface area (Å²) in [5.41, 5.74) is 2.88. The van der Waals surface area contributed by atoms with Crippen molar-refractivity contribution in [2.24, 2.45) is 0 Å². The molecule has 0 saturated carbocycles. The number of ether oxygens (including phenoxy) is 1. The number of carbonyl (C=O) groups excluding carboxylic acids is 4. The van der Waals surface area contributed by atoms with E-state index in [1.54, 1.807) is 30.3 Å². The Kier molecular flexibility index (Phi) is 8.75. The number of hydrogen-bond acceptors (Lipinski definition) is 5. The Morgan fingerprint density at radius 3 is 2.33 bits per heavy atom. The average Bonchev–Trinajstić information content (AvgIpc) is 2.73. The first kappa shape index (κ1) is 22.8. The third-order valence-corrected chi connectivity index (χ3v) is 4.33. The molecule has 7 nitrogen and oxygen atoms in total. The van der Waals surface area contributed by atoms with Gasteiger partial charge in [-0.2, -0.15) is 0 Å². The summed E-state index contributed by atoms with van der Waals surface area (Å²) in [5, 5.41) is 5.21. The van der Waals surface area contributed by atoms with Crippen molar-refractivity contribution in [3.05, 3.63) is 70.8 Å². The molecule has 7 heteroatoms. The molecule has 2 aromatic rings. The van der Waals surface area contributed by atoms with Gasteiger partial charge in [-0.15, -0.1) is 0 Å². The molecule has 0 aliphatic heterocycles. The zero-order valence-corrected chi connectivity index (χ0v) is 17.2. The molecule has 0 saturated heterocycles. The summed E-state index contributed by atoms with van der Waals surface area (Å²) in [7, 11) is 0. The van der Waals surface area contributed by atoms with Crippen molar-refractivity contribution in [2.75, 3.05) is 19.7 Å². The van der Waals surface area contributed by atoms with Crippen LogP contribution in [0.1, 0.15) is 45.2 Å². The predicted octanol–water partition coefficient (Wildman–Crippen LogP) is 2.22. The summed E-state index contributed by atoms with van der Waals surface area (Å²) in [6, 6.07) is 14.0. The zero-order valence-electron chi connectivity index (χ0n) is 17.2. The number of carbonyl (C=O) groups is 4. The first-order valence-electron chi connectivity index (χ1n) is 9.72. The summed E-state index contributed by atoms with van der Waals surface area (Å²) >= 11 is 0. The van der Waals surface area contributed by atoms with Crippen LogP contribution in [0.3, 0.4) is 0 Å². The van der Waals surface area contributed by atoms with Crippen LogP contribution in [0.5, 0.6) is 0 Å². The maximum Gasteiger partial charge on any atom is 0.325 e. The van der Waals surface area contributed by atoms with Crippen LogP contribution < -0.4 is 10.6 Å². The highest BCUT2D eigenvalue weighted by atomic mass is 16.5. The van der Waals surface area contributed by atoms with E-state index in [0.717, 1.165) is 24.0 Å². The van der Waals surface area contributed by atoms with E-state index in [2.05, 4.69) is 10.6 Å². The fraction of sp³-hybridized carbons (Fsp3) is 0.304. The van der Waals surface area contributed by atoms with Crippen LogP contribution in [0.15, 0.2) is 48.5 Å². The summed E-state index contributed by atoms with van der Waals surface area (Å²) in [6.45, 7) is 3.25. The number of rotatable bonds is 10. The Bertz CT molecular complexity index is 906. The molecule has 0 aliphatic carbocycles. The number of benzene rings is 2. The van der Waals surface area contributed by atoms with E-state index in [1.165, 1.54) is 6.92 Å². The van der Waals surface area contributed by atoms with Gasteiger partial charge in [0.05, 0.1) is 0 Å². The Hall–Kier alpha value is -3.48. The lowest BCUT2D eigenvalue weighted by atomic mass is 10.1. The van der Waals surface area contributed by atoms with E-state index in [4.69, 9.17) is 4.74 Å². The van der Waals surface area contributed by atoms with Gasteiger partial charge in [-0.05, 0) is 37.5 Å². The summed E-state index contributed by atoms with van der Waals surface area (Å²) < 4.78 is 4.96. The highest BCUT2D eigenvalue weighted by Crippen LogP contribution is 2.08. The SMILES string of the molecule is CC(=O)NCCCc1ccc(C(=O)COC(=O)CNC(=O)c2cccc(C)c2)cc1. The standard InChI is InChI=1S/C23H26N2O5/c1-16-5-3-7-20(13-16)23(29)25-14-22(28)30-15-21(27)19-10-8-18(9-11-19)6-4-12-24-17(2)26/h3,5,7-11,13H,4,6,12,14-15H2,1-2H3,(H,24,26)(H,25,29). The van der Waals surface area contributed by atoms with Gasteiger partial charge in [-0.3, -0.25) is 19.2 Å². The van der Waals surface area contributed by atoms with Crippen molar-refractivity contribution in [3.8, 4) is 0 Å². The van der Waals surface area contributed by atoms with Gasteiger partial charge in [-0.25, -0.2) is 0 Å². The monoisotopic (exact) mass is 410 g/mol. The van der Waals surface area contributed by atoms with Gasteiger partial charge < -0.3 is 15.4 Å². The number of aryl methyl sites for hydroxylation is 2. The van der Waals surface area contributed by atoms with E-state index in [1.807, 2.05) is 25.1 Å². The quantitative estimate of drug-likeness (QED) is 0.355. The molecular weight excluding hydrogens is 384 g/mol. The molecule has 2 rings (SSSR count). The van der Waals surface area contributed by atoms with E-state index in [9.17, 15) is 19.2 Å². The number of ketones is 1. The molecule has 0 aliphatic rings. The molecule has 0 heterocycles. The van der Waals surface area contributed by atoms with Crippen LogP contribution in [0, 0.1) is 6.92 Å². The second-order valence-electron chi connectivity index (χ2n) is 6.92. The van der Waals surface area contributed by atoms with Gasteiger partial charge >= 0.3 is 5.97 Å². The molecule has 2 aromatic carbocycles. The first-order chi connectivity index (χ1) is 14.3. The summed E-state index contributed by atoms with van der Waals surface area (Å²) in [6.07, 6.45) is 1.59.